The van der Waals surface area contributed by atoms with Crippen LogP contribution >= 0.6 is 15.9 Å². The van der Waals surface area contributed by atoms with E-state index in [2.05, 4.69) is 65.9 Å². The number of amides is 1. The second kappa shape index (κ2) is 12.5. The van der Waals surface area contributed by atoms with Crippen LogP contribution in [0.4, 0.5) is 17.5 Å². The van der Waals surface area contributed by atoms with Crippen LogP contribution in [0, 0.1) is 11.3 Å². The van der Waals surface area contributed by atoms with Crippen molar-refractivity contribution in [3.63, 3.8) is 0 Å². The van der Waals surface area contributed by atoms with Crippen molar-refractivity contribution in [2.75, 3.05) is 43.9 Å². The quantitative estimate of drug-likeness (QED) is 0.249. The molecule has 0 radical (unpaired) electrons. The Bertz CT molecular complexity index is 1020. The number of hydrogen-bond donors (Lipinski definition) is 5. The summed E-state index contributed by atoms with van der Waals surface area (Å²) >= 11 is 3.47. The molecule has 0 bridgehead atoms. The molecule has 10 heteroatoms. The van der Waals surface area contributed by atoms with Crippen molar-refractivity contribution in [1.29, 1.82) is 5.41 Å². The average molecular weight is 529 g/mol. The van der Waals surface area contributed by atoms with Gasteiger partial charge in [-0.25, -0.2) is 4.98 Å². The Hall–Kier alpha value is -2.98. The number of nitrogens with zero attached hydrogens (tertiary/aromatic N) is 3. The third-order valence-electron chi connectivity index (χ3n) is 5.59. The fraction of sp³-hybridized carbons (Fsp3) is 0.417. The first kappa shape index (κ1) is 25.6. The molecule has 182 valence electrons. The predicted molar refractivity (Wildman–Crippen MR) is 141 cm³/mol. The molecule has 2 aromatic rings. The SMILES string of the molecule is CCN(CC)CCNC(=O)c1ccc(Nc2ncc(Br)c(N/C(=C/C(=N)C3CC3)NC)n2)cc1. The van der Waals surface area contributed by atoms with Crippen molar-refractivity contribution in [3.05, 3.63) is 52.4 Å². The van der Waals surface area contributed by atoms with Crippen LogP contribution in [0.15, 0.2) is 46.8 Å². The van der Waals surface area contributed by atoms with Gasteiger partial charge in [0.15, 0.2) is 5.82 Å². The number of anilines is 3. The second-order valence-electron chi connectivity index (χ2n) is 8.04. The van der Waals surface area contributed by atoms with Crippen LogP contribution in [-0.4, -0.2) is 59.7 Å². The summed E-state index contributed by atoms with van der Waals surface area (Å²) in [6.45, 7) is 7.62. The van der Waals surface area contributed by atoms with E-state index in [0.717, 1.165) is 38.2 Å². The number of rotatable bonds is 13. The van der Waals surface area contributed by atoms with Gasteiger partial charge in [-0.3, -0.25) is 4.79 Å². The molecule has 0 unspecified atom stereocenters. The summed E-state index contributed by atoms with van der Waals surface area (Å²) in [5.41, 5.74) is 1.98. The van der Waals surface area contributed by atoms with Gasteiger partial charge in [-0.05, 0) is 72.2 Å². The summed E-state index contributed by atoms with van der Waals surface area (Å²) in [5, 5.41) is 20.5. The fourth-order valence-electron chi connectivity index (χ4n) is 3.28. The van der Waals surface area contributed by atoms with E-state index in [-0.39, 0.29) is 5.91 Å². The third kappa shape index (κ3) is 7.53. The summed E-state index contributed by atoms with van der Waals surface area (Å²) in [4.78, 5) is 23.5. The maximum absolute atomic E-state index is 12.4. The van der Waals surface area contributed by atoms with Gasteiger partial charge in [-0.1, -0.05) is 13.8 Å². The Kier molecular flexibility index (Phi) is 9.41. The van der Waals surface area contributed by atoms with Gasteiger partial charge in [0.2, 0.25) is 5.95 Å². The van der Waals surface area contributed by atoms with Gasteiger partial charge in [-0.2, -0.15) is 4.98 Å². The van der Waals surface area contributed by atoms with Crippen LogP contribution in [0.25, 0.3) is 0 Å². The summed E-state index contributed by atoms with van der Waals surface area (Å²) in [7, 11) is 1.80. The zero-order valence-electron chi connectivity index (χ0n) is 19.9. The first-order chi connectivity index (χ1) is 16.4. The van der Waals surface area contributed by atoms with E-state index in [1.165, 1.54) is 0 Å². The van der Waals surface area contributed by atoms with Gasteiger partial charge in [0.05, 0.1) is 4.47 Å². The molecule has 1 fully saturated rings. The number of hydrogen-bond acceptors (Lipinski definition) is 8. The minimum atomic E-state index is -0.0896. The molecule has 1 amide bonds. The van der Waals surface area contributed by atoms with Crippen LogP contribution in [-0.2, 0) is 0 Å². The lowest BCUT2D eigenvalue weighted by molar-refractivity contribution is 0.0949. The monoisotopic (exact) mass is 528 g/mol. The number of allylic oxidation sites excluding steroid dienone is 1. The highest BCUT2D eigenvalue weighted by Crippen LogP contribution is 2.31. The van der Waals surface area contributed by atoms with Crippen molar-refractivity contribution < 1.29 is 4.79 Å². The largest absolute Gasteiger partial charge is 0.375 e. The number of carbonyl (C=O) groups excluding carboxylic acids is 1. The van der Waals surface area contributed by atoms with Crippen molar-refractivity contribution in [3.8, 4) is 0 Å². The van der Waals surface area contributed by atoms with Crippen LogP contribution in [0.3, 0.4) is 0 Å². The van der Waals surface area contributed by atoms with E-state index < -0.39 is 0 Å². The van der Waals surface area contributed by atoms with Crippen molar-refractivity contribution >= 4 is 45.0 Å². The molecule has 0 spiro atoms. The molecule has 1 saturated carbocycles. The number of aromatic nitrogens is 2. The number of halogens is 1. The number of benzene rings is 1. The zero-order valence-corrected chi connectivity index (χ0v) is 21.5. The molecule has 34 heavy (non-hydrogen) atoms. The standard InChI is InChI=1S/C24H33BrN8O/c1-4-33(5-2)13-12-28-23(34)17-8-10-18(11-9-17)30-24-29-15-19(25)22(32-24)31-21(27-3)14-20(26)16-6-7-16/h8-11,14-16,26-27H,4-7,12-13H2,1-3H3,(H,28,34)(H2,29,30,31,32)/b21-14+,26-20?. The molecule has 0 aliphatic heterocycles. The van der Waals surface area contributed by atoms with Crippen molar-refractivity contribution in [2.24, 2.45) is 5.92 Å². The molecule has 0 atom stereocenters. The molecule has 3 rings (SSSR count). The lowest BCUT2D eigenvalue weighted by Gasteiger charge is -2.18. The predicted octanol–water partition coefficient (Wildman–Crippen LogP) is 3.96. The van der Waals surface area contributed by atoms with Crippen LogP contribution in [0.2, 0.25) is 0 Å². The van der Waals surface area contributed by atoms with Gasteiger partial charge in [0.1, 0.15) is 5.82 Å². The summed E-state index contributed by atoms with van der Waals surface area (Å²) in [6, 6.07) is 7.21. The highest BCUT2D eigenvalue weighted by Gasteiger charge is 2.25. The third-order valence-corrected chi connectivity index (χ3v) is 6.18. The lowest BCUT2D eigenvalue weighted by Crippen LogP contribution is -2.34. The van der Waals surface area contributed by atoms with E-state index in [1.807, 2.05) is 12.1 Å². The molecule has 5 N–H and O–H groups in total. The Morgan fingerprint density at radius 1 is 1.24 bits per heavy atom. The Balaban J connectivity index is 1.60. The molecule has 1 aliphatic rings. The smallest absolute Gasteiger partial charge is 0.251 e. The summed E-state index contributed by atoms with van der Waals surface area (Å²) in [5.74, 6) is 1.95. The normalized spacial score (nSPS) is 13.5. The highest BCUT2D eigenvalue weighted by atomic mass is 79.9. The first-order valence-corrected chi connectivity index (χ1v) is 12.4. The Morgan fingerprint density at radius 3 is 2.56 bits per heavy atom. The molecular weight excluding hydrogens is 496 g/mol. The molecule has 9 nitrogen and oxygen atoms in total. The molecular formula is C24H33BrN8O. The minimum Gasteiger partial charge on any atom is -0.375 e. The Labute approximate surface area is 209 Å². The summed E-state index contributed by atoms with van der Waals surface area (Å²) < 4.78 is 0.703. The first-order valence-electron chi connectivity index (χ1n) is 11.6. The van der Waals surface area contributed by atoms with E-state index in [4.69, 9.17) is 5.41 Å². The zero-order chi connectivity index (χ0) is 24.5. The highest BCUT2D eigenvalue weighted by molar-refractivity contribution is 9.10. The summed E-state index contributed by atoms with van der Waals surface area (Å²) in [6.07, 6.45) is 5.61. The topological polar surface area (TPSA) is 118 Å². The van der Waals surface area contributed by atoms with E-state index in [0.29, 0.717) is 45.8 Å². The molecule has 1 aromatic heterocycles. The van der Waals surface area contributed by atoms with Crippen LogP contribution < -0.4 is 21.3 Å². The maximum atomic E-state index is 12.4. The van der Waals surface area contributed by atoms with Gasteiger partial charge in [-0.15, -0.1) is 0 Å². The molecule has 0 saturated heterocycles. The van der Waals surface area contributed by atoms with E-state index >= 15 is 0 Å². The lowest BCUT2D eigenvalue weighted by atomic mass is 10.2. The second-order valence-corrected chi connectivity index (χ2v) is 8.89. The minimum absolute atomic E-state index is 0.0896. The van der Waals surface area contributed by atoms with Crippen molar-refractivity contribution in [1.82, 2.24) is 25.5 Å². The molecule has 1 heterocycles. The van der Waals surface area contributed by atoms with E-state index in [1.54, 1.807) is 31.5 Å². The fourth-order valence-corrected chi connectivity index (χ4v) is 3.57. The van der Waals surface area contributed by atoms with Crippen LogP contribution in [0.1, 0.15) is 37.0 Å². The van der Waals surface area contributed by atoms with Gasteiger partial charge >= 0.3 is 0 Å². The maximum Gasteiger partial charge on any atom is 0.251 e. The molecule has 1 aliphatic carbocycles. The van der Waals surface area contributed by atoms with Gasteiger partial charge in [0, 0.05) is 49.2 Å². The average Bonchev–Trinajstić information content (AvgIpc) is 3.69. The van der Waals surface area contributed by atoms with Gasteiger partial charge < -0.3 is 31.6 Å². The Morgan fingerprint density at radius 2 is 1.94 bits per heavy atom. The van der Waals surface area contributed by atoms with Gasteiger partial charge in [0.25, 0.3) is 5.91 Å². The number of nitrogens with one attached hydrogen (secondary N) is 5. The van der Waals surface area contributed by atoms with Crippen LogP contribution in [0.5, 0.6) is 0 Å². The van der Waals surface area contributed by atoms with Crippen molar-refractivity contribution in [2.45, 2.75) is 26.7 Å². The van der Waals surface area contributed by atoms with E-state index in [9.17, 15) is 4.79 Å². The number of carbonyl (C=O) groups is 1. The number of likely N-dealkylation sites (N-methyl/N-ethyl adjacent to an activating group) is 1. The molecule has 1 aromatic carbocycles.